The number of ether oxygens (including phenoxy) is 2. The lowest BCUT2D eigenvalue weighted by molar-refractivity contribution is -0.132. The first-order chi connectivity index (χ1) is 8.61. The van der Waals surface area contributed by atoms with Crippen LogP contribution in [0.15, 0.2) is 22.2 Å². The Kier molecular flexibility index (Phi) is 3.53. The number of carboxylic acids is 1. The molecule has 1 aromatic rings. The van der Waals surface area contributed by atoms with E-state index in [-0.39, 0.29) is 5.57 Å². The van der Waals surface area contributed by atoms with E-state index in [0.717, 1.165) is 0 Å². The number of nitrogens with zero attached hydrogens (tertiary/aromatic N) is 1. The van der Waals surface area contributed by atoms with Crippen molar-refractivity contribution in [2.45, 2.75) is 0 Å². The van der Waals surface area contributed by atoms with E-state index in [4.69, 9.17) is 19.8 Å². The SMILES string of the molecule is N#C/C(=C\c1cc(Br)c2c(c1)OCCO2)C(=O)O. The first-order valence-electron chi connectivity index (χ1n) is 5.06. The molecule has 6 heteroatoms. The van der Waals surface area contributed by atoms with Gasteiger partial charge in [0.25, 0.3) is 0 Å². The van der Waals surface area contributed by atoms with Gasteiger partial charge in [0, 0.05) is 0 Å². The number of aliphatic carboxylic acids is 1. The Morgan fingerprint density at radius 2 is 2.17 bits per heavy atom. The third-order valence-electron chi connectivity index (χ3n) is 2.28. The van der Waals surface area contributed by atoms with Gasteiger partial charge in [-0.2, -0.15) is 5.26 Å². The van der Waals surface area contributed by atoms with Crippen molar-refractivity contribution >= 4 is 28.0 Å². The van der Waals surface area contributed by atoms with Crippen molar-refractivity contribution in [2.24, 2.45) is 0 Å². The Hall–Kier alpha value is -2.00. The zero-order valence-electron chi connectivity index (χ0n) is 9.14. The Bertz CT molecular complexity index is 574. The van der Waals surface area contributed by atoms with Gasteiger partial charge in [0.15, 0.2) is 11.5 Å². The molecule has 0 spiro atoms. The second-order valence-corrected chi connectivity index (χ2v) is 4.36. The molecule has 0 saturated heterocycles. The summed E-state index contributed by atoms with van der Waals surface area (Å²) in [6.07, 6.45) is 1.28. The Labute approximate surface area is 111 Å². The molecule has 2 rings (SSSR count). The lowest BCUT2D eigenvalue weighted by Gasteiger charge is -2.19. The number of nitriles is 1. The van der Waals surface area contributed by atoms with Crippen LogP contribution < -0.4 is 9.47 Å². The Morgan fingerprint density at radius 1 is 1.44 bits per heavy atom. The van der Waals surface area contributed by atoms with E-state index in [1.165, 1.54) is 6.08 Å². The third-order valence-corrected chi connectivity index (χ3v) is 2.87. The molecule has 1 N–H and O–H groups in total. The summed E-state index contributed by atoms with van der Waals surface area (Å²) < 4.78 is 11.5. The van der Waals surface area contributed by atoms with Gasteiger partial charge in [0.2, 0.25) is 0 Å². The molecule has 1 aromatic carbocycles. The van der Waals surface area contributed by atoms with E-state index >= 15 is 0 Å². The van der Waals surface area contributed by atoms with Gasteiger partial charge >= 0.3 is 5.97 Å². The lowest BCUT2D eigenvalue weighted by atomic mass is 10.1. The van der Waals surface area contributed by atoms with Gasteiger partial charge in [-0.25, -0.2) is 4.79 Å². The summed E-state index contributed by atoms with van der Waals surface area (Å²) in [7, 11) is 0. The van der Waals surface area contributed by atoms with Crippen LogP contribution >= 0.6 is 15.9 Å². The van der Waals surface area contributed by atoms with Crippen molar-refractivity contribution in [3.63, 3.8) is 0 Å². The predicted molar refractivity (Wildman–Crippen MR) is 66.4 cm³/mol. The molecule has 0 amide bonds. The number of hydrogen-bond donors (Lipinski definition) is 1. The molecule has 0 bridgehead atoms. The number of fused-ring (bicyclic) bond motifs is 1. The topological polar surface area (TPSA) is 79.5 Å². The number of halogens is 1. The van der Waals surface area contributed by atoms with Gasteiger partial charge in [-0.15, -0.1) is 0 Å². The smallest absolute Gasteiger partial charge is 0.346 e. The zero-order valence-corrected chi connectivity index (χ0v) is 10.7. The molecular formula is C12H8BrNO4. The normalized spacial score (nSPS) is 13.9. The maximum Gasteiger partial charge on any atom is 0.346 e. The summed E-state index contributed by atoms with van der Waals surface area (Å²) in [6.45, 7) is 0.913. The van der Waals surface area contributed by atoms with E-state index < -0.39 is 5.97 Å². The van der Waals surface area contributed by atoms with Crippen LogP contribution in [-0.4, -0.2) is 24.3 Å². The molecule has 92 valence electrons. The molecule has 1 aliphatic rings. The van der Waals surface area contributed by atoms with Gasteiger partial charge in [-0.3, -0.25) is 0 Å². The number of rotatable bonds is 2. The molecule has 5 nitrogen and oxygen atoms in total. The van der Waals surface area contributed by atoms with Crippen LogP contribution in [0.4, 0.5) is 0 Å². The second kappa shape index (κ2) is 5.10. The number of benzene rings is 1. The largest absolute Gasteiger partial charge is 0.486 e. The summed E-state index contributed by atoms with van der Waals surface area (Å²) in [6, 6.07) is 4.94. The van der Waals surface area contributed by atoms with Crippen molar-refractivity contribution in [2.75, 3.05) is 13.2 Å². The summed E-state index contributed by atoms with van der Waals surface area (Å²) in [5.74, 6) is -0.139. The van der Waals surface area contributed by atoms with Crippen LogP contribution in [0, 0.1) is 11.3 Å². The van der Waals surface area contributed by atoms with Gasteiger partial charge in [0.05, 0.1) is 4.47 Å². The highest BCUT2D eigenvalue weighted by Crippen LogP contribution is 2.38. The fraction of sp³-hybridized carbons (Fsp3) is 0.167. The number of carbonyl (C=O) groups is 1. The second-order valence-electron chi connectivity index (χ2n) is 3.50. The molecule has 18 heavy (non-hydrogen) atoms. The summed E-state index contributed by atoms with van der Waals surface area (Å²) >= 11 is 3.32. The quantitative estimate of drug-likeness (QED) is 0.669. The van der Waals surface area contributed by atoms with E-state index in [1.807, 2.05) is 0 Å². The van der Waals surface area contributed by atoms with Crippen LogP contribution in [0.3, 0.4) is 0 Å². The molecule has 1 heterocycles. The van der Waals surface area contributed by atoms with Gasteiger partial charge in [-0.05, 0) is 39.7 Å². The van der Waals surface area contributed by atoms with Crippen LogP contribution in [0.25, 0.3) is 6.08 Å². The fourth-order valence-electron chi connectivity index (χ4n) is 1.52. The minimum atomic E-state index is -1.26. The molecule has 0 fully saturated rings. The molecule has 0 aromatic heterocycles. The zero-order chi connectivity index (χ0) is 13.1. The van der Waals surface area contributed by atoms with Gasteiger partial charge in [-0.1, -0.05) is 0 Å². The predicted octanol–water partition coefficient (Wildman–Crippen LogP) is 2.21. The average molecular weight is 310 g/mol. The lowest BCUT2D eigenvalue weighted by Crippen LogP contribution is -2.15. The summed E-state index contributed by atoms with van der Waals surface area (Å²) in [5.41, 5.74) is 0.226. The molecule has 0 unspecified atom stereocenters. The van der Waals surface area contributed by atoms with Crippen molar-refractivity contribution in [3.05, 3.63) is 27.7 Å². The molecule has 0 aliphatic carbocycles. The van der Waals surface area contributed by atoms with Crippen molar-refractivity contribution < 1.29 is 19.4 Å². The first-order valence-corrected chi connectivity index (χ1v) is 5.85. The summed E-state index contributed by atoms with van der Waals surface area (Å²) in [4.78, 5) is 10.8. The monoisotopic (exact) mass is 309 g/mol. The number of hydrogen-bond acceptors (Lipinski definition) is 4. The molecular weight excluding hydrogens is 302 g/mol. The maximum atomic E-state index is 10.8. The highest BCUT2D eigenvalue weighted by atomic mass is 79.9. The van der Waals surface area contributed by atoms with Crippen LogP contribution in [0.2, 0.25) is 0 Å². The number of carboxylic acid groups (broad SMARTS) is 1. The summed E-state index contributed by atoms with van der Waals surface area (Å²) in [5, 5.41) is 17.5. The molecule has 1 aliphatic heterocycles. The van der Waals surface area contributed by atoms with Gasteiger partial charge < -0.3 is 14.6 Å². The highest BCUT2D eigenvalue weighted by Gasteiger charge is 2.16. The molecule has 0 atom stereocenters. The first kappa shape index (κ1) is 12.5. The minimum absolute atomic E-state index is 0.335. The van der Waals surface area contributed by atoms with Gasteiger partial charge in [0.1, 0.15) is 24.9 Å². The molecule has 0 radical (unpaired) electrons. The standard InChI is InChI=1S/C12H8BrNO4/c13-9-4-7(3-8(6-14)12(15)16)5-10-11(9)18-2-1-17-10/h3-5H,1-2H2,(H,15,16)/b8-3+. The Morgan fingerprint density at radius 3 is 2.83 bits per heavy atom. The molecule has 0 saturated carbocycles. The highest BCUT2D eigenvalue weighted by molar-refractivity contribution is 9.10. The van der Waals surface area contributed by atoms with Crippen LogP contribution in [-0.2, 0) is 4.79 Å². The minimum Gasteiger partial charge on any atom is -0.486 e. The van der Waals surface area contributed by atoms with Crippen molar-refractivity contribution in [1.29, 1.82) is 5.26 Å². The van der Waals surface area contributed by atoms with Crippen molar-refractivity contribution in [1.82, 2.24) is 0 Å². The maximum absolute atomic E-state index is 10.8. The van der Waals surface area contributed by atoms with E-state index in [9.17, 15) is 4.79 Å². The van der Waals surface area contributed by atoms with Crippen LogP contribution in [0.5, 0.6) is 11.5 Å². The van der Waals surface area contributed by atoms with E-state index in [0.29, 0.717) is 34.7 Å². The average Bonchev–Trinajstić information content (AvgIpc) is 2.35. The van der Waals surface area contributed by atoms with Crippen molar-refractivity contribution in [3.8, 4) is 17.6 Å². The fourth-order valence-corrected chi connectivity index (χ4v) is 2.10. The van der Waals surface area contributed by atoms with E-state index in [1.54, 1.807) is 18.2 Å². The Balaban J connectivity index is 2.45. The van der Waals surface area contributed by atoms with E-state index in [2.05, 4.69) is 15.9 Å². The third kappa shape index (κ3) is 2.46. The van der Waals surface area contributed by atoms with Crippen LogP contribution in [0.1, 0.15) is 5.56 Å².